The number of nitrogens with one attached hydrogen (secondary N) is 1. The van der Waals surface area contributed by atoms with Gasteiger partial charge in [-0.15, -0.1) is 11.8 Å². The van der Waals surface area contributed by atoms with Crippen LogP contribution in [0, 0.1) is 0 Å². The van der Waals surface area contributed by atoms with Crippen LogP contribution in [0.1, 0.15) is 31.7 Å². The van der Waals surface area contributed by atoms with Gasteiger partial charge in [-0.25, -0.2) is 0 Å². The second-order valence-corrected chi connectivity index (χ2v) is 5.00. The van der Waals surface area contributed by atoms with E-state index in [9.17, 15) is 0 Å². The van der Waals surface area contributed by atoms with Gasteiger partial charge in [0.05, 0.1) is 0 Å². The van der Waals surface area contributed by atoms with Crippen molar-refractivity contribution in [1.82, 2.24) is 5.32 Å². The molecule has 0 fully saturated rings. The first-order valence-electron chi connectivity index (χ1n) is 5.69. The van der Waals surface area contributed by atoms with Crippen LogP contribution in [-0.2, 0) is 0 Å². The Labute approximate surface area is 97.7 Å². The smallest absolute Gasteiger partial charge is 0.00720 e. The third-order valence-electron chi connectivity index (χ3n) is 2.61. The molecule has 1 rings (SSSR count). The lowest BCUT2D eigenvalue weighted by Crippen LogP contribution is -2.16. The summed E-state index contributed by atoms with van der Waals surface area (Å²) in [5.41, 5.74) is 1.45. The Hall–Kier alpha value is -0.470. The maximum Gasteiger partial charge on any atom is 0.00720 e. The van der Waals surface area contributed by atoms with Gasteiger partial charge in [0.2, 0.25) is 0 Å². The minimum Gasteiger partial charge on any atom is -0.319 e. The second-order valence-electron chi connectivity index (χ2n) is 3.66. The summed E-state index contributed by atoms with van der Waals surface area (Å²) in [7, 11) is 2.02. The van der Waals surface area contributed by atoms with Crippen LogP contribution in [0.5, 0.6) is 0 Å². The third-order valence-corrected chi connectivity index (χ3v) is 3.50. The molecule has 0 aliphatic heterocycles. The lowest BCUT2D eigenvalue weighted by Gasteiger charge is -2.14. The van der Waals surface area contributed by atoms with Crippen LogP contribution >= 0.6 is 11.8 Å². The summed E-state index contributed by atoms with van der Waals surface area (Å²) in [6, 6.07) is 9.01. The lowest BCUT2D eigenvalue weighted by atomic mass is 9.97. The van der Waals surface area contributed by atoms with E-state index >= 15 is 0 Å². The van der Waals surface area contributed by atoms with Gasteiger partial charge in [0.1, 0.15) is 0 Å². The molecular formula is C13H21NS. The van der Waals surface area contributed by atoms with Crippen LogP contribution in [0.4, 0.5) is 0 Å². The molecule has 0 aliphatic carbocycles. The van der Waals surface area contributed by atoms with Crippen molar-refractivity contribution in [2.24, 2.45) is 0 Å². The summed E-state index contributed by atoms with van der Waals surface area (Å²) in [6.45, 7) is 5.50. The number of hydrogen-bond acceptors (Lipinski definition) is 2. The number of rotatable bonds is 6. The van der Waals surface area contributed by atoms with E-state index in [2.05, 4.69) is 43.4 Å². The quantitative estimate of drug-likeness (QED) is 0.741. The van der Waals surface area contributed by atoms with Crippen LogP contribution in [0.15, 0.2) is 29.2 Å². The molecule has 0 heterocycles. The first kappa shape index (κ1) is 12.6. The first-order chi connectivity index (χ1) is 7.31. The Balaban J connectivity index is 2.68. The molecule has 0 spiro atoms. The fourth-order valence-electron chi connectivity index (χ4n) is 1.75. The molecule has 15 heavy (non-hydrogen) atoms. The van der Waals surface area contributed by atoms with E-state index in [0.29, 0.717) is 5.92 Å². The van der Waals surface area contributed by atoms with E-state index in [1.54, 1.807) is 0 Å². The van der Waals surface area contributed by atoms with Crippen molar-refractivity contribution in [3.8, 4) is 0 Å². The Morgan fingerprint density at radius 1 is 1.20 bits per heavy atom. The molecule has 84 valence electrons. The fourth-order valence-corrected chi connectivity index (χ4v) is 2.41. The minimum absolute atomic E-state index is 0.649. The van der Waals surface area contributed by atoms with Gasteiger partial charge in [-0.3, -0.25) is 0 Å². The van der Waals surface area contributed by atoms with Crippen molar-refractivity contribution >= 4 is 11.8 Å². The van der Waals surface area contributed by atoms with Gasteiger partial charge < -0.3 is 5.32 Å². The average Bonchev–Trinajstić information content (AvgIpc) is 2.28. The van der Waals surface area contributed by atoms with Gasteiger partial charge in [-0.1, -0.05) is 26.0 Å². The summed E-state index contributed by atoms with van der Waals surface area (Å²) in [6.07, 6.45) is 1.20. The van der Waals surface area contributed by atoms with Crippen LogP contribution in [-0.4, -0.2) is 19.3 Å². The number of thioether (sulfide) groups is 1. The first-order valence-corrected chi connectivity index (χ1v) is 6.67. The topological polar surface area (TPSA) is 12.0 Å². The maximum absolute atomic E-state index is 3.25. The third kappa shape index (κ3) is 3.88. The van der Waals surface area contributed by atoms with Crippen LogP contribution in [0.2, 0.25) is 0 Å². The Kier molecular flexibility index (Phi) is 5.81. The van der Waals surface area contributed by atoms with Gasteiger partial charge in [0.25, 0.3) is 0 Å². The van der Waals surface area contributed by atoms with Gasteiger partial charge >= 0.3 is 0 Å². The Morgan fingerprint density at radius 3 is 2.33 bits per heavy atom. The standard InChI is InChI=1S/C13H21NS/c1-4-11(10-14-3)12-6-8-13(9-7-12)15-5-2/h6-9,11,14H,4-5,10H2,1-3H3. The molecule has 1 N–H and O–H groups in total. The van der Waals surface area contributed by atoms with E-state index in [0.717, 1.165) is 12.3 Å². The SMILES string of the molecule is CCSc1ccc(C(CC)CNC)cc1. The molecule has 0 amide bonds. The van der Waals surface area contributed by atoms with Gasteiger partial charge in [0.15, 0.2) is 0 Å². The molecule has 1 unspecified atom stereocenters. The van der Waals surface area contributed by atoms with E-state index in [1.165, 1.54) is 16.9 Å². The molecule has 0 aliphatic rings. The van der Waals surface area contributed by atoms with E-state index in [1.807, 2.05) is 18.8 Å². The van der Waals surface area contributed by atoms with Crippen LogP contribution < -0.4 is 5.32 Å². The highest BCUT2D eigenvalue weighted by atomic mass is 32.2. The number of benzene rings is 1. The van der Waals surface area contributed by atoms with Crippen molar-refractivity contribution in [1.29, 1.82) is 0 Å². The monoisotopic (exact) mass is 223 g/mol. The summed E-state index contributed by atoms with van der Waals surface area (Å²) >= 11 is 1.90. The summed E-state index contributed by atoms with van der Waals surface area (Å²) in [5, 5.41) is 3.25. The van der Waals surface area contributed by atoms with E-state index in [-0.39, 0.29) is 0 Å². The highest BCUT2D eigenvalue weighted by Gasteiger charge is 2.07. The average molecular weight is 223 g/mol. The summed E-state index contributed by atoms with van der Waals surface area (Å²) < 4.78 is 0. The molecule has 0 saturated carbocycles. The van der Waals surface area contributed by atoms with Crippen molar-refractivity contribution < 1.29 is 0 Å². The summed E-state index contributed by atoms with van der Waals surface area (Å²) in [5.74, 6) is 1.79. The summed E-state index contributed by atoms with van der Waals surface area (Å²) in [4.78, 5) is 1.38. The van der Waals surface area contributed by atoms with E-state index in [4.69, 9.17) is 0 Å². The molecule has 1 nitrogen and oxygen atoms in total. The highest BCUT2D eigenvalue weighted by Crippen LogP contribution is 2.23. The molecular weight excluding hydrogens is 202 g/mol. The fraction of sp³-hybridized carbons (Fsp3) is 0.538. The minimum atomic E-state index is 0.649. The molecule has 0 aromatic heterocycles. The van der Waals surface area contributed by atoms with Crippen molar-refractivity contribution in [2.45, 2.75) is 31.1 Å². The molecule has 1 aromatic rings. The van der Waals surface area contributed by atoms with Gasteiger partial charge in [0, 0.05) is 11.4 Å². The molecule has 0 bridgehead atoms. The van der Waals surface area contributed by atoms with Crippen molar-refractivity contribution in [3.63, 3.8) is 0 Å². The van der Waals surface area contributed by atoms with Gasteiger partial charge in [-0.05, 0) is 42.8 Å². The number of hydrogen-bond donors (Lipinski definition) is 1. The zero-order valence-electron chi connectivity index (χ0n) is 9.92. The lowest BCUT2D eigenvalue weighted by molar-refractivity contribution is 0.611. The zero-order valence-corrected chi connectivity index (χ0v) is 10.7. The molecule has 0 radical (unpaired) electrons. The molecule has 0 saturated heterocycles. The van der Waals surface area contributed by atoms with Crippen molar-refractivity contribution in [2.75, 3.05) is 19.3 Å². The van der Waals surface area contributed by atoms with Gasteiger partial charge in [-0.2, -0.15) is 0 Å². The van der Waals surface area contributed by atoms with Crippen molar-refractivity contribution in [3.05, 3.63) is 29.8 Å². The van der Waals surface area contributed by atoms with Crippen LogP contribution in [0.25, 0.3) is 0 Å². The second kappa shape index (κ2) is 6.91. The number of likely N-dealkylation sites (N-methyl/N-ethyl adjacent to an activating group) is 1. The highest BCUT2D eigenvalue weighted by molar-refractivity contribution is 7.99. The largest absolute Gasteiger partial charge is 0.319 e. The Bertz CT molecular complexity index is 268. The van der Waals surface area contributed by atoms with Crippen LogP contribution in [0.3, 0.4) is 0 Å². The molecule has 1 atom stereocenters. The maximum atomic E-state index is 3.25. The molecule has 2 heteroatoms. The van der Waals surface area contributed by atoms with E-state index < -0.39 is 0 Å². The Morgan fingerprint density at radius 2 is 1.87 bits per heavy atom. The molecule has 1 aromatic carbocycles. The zero-order chi connectivity index (χ0) is 11.1. The predicted molar refractivity (Wildman–Crippen MR) is 69.8 cm³/mol. The normalized spacial score (nSPS) is 12.7. The predicted octanol–water partition coefficient (Wildman–Crippen LogP) is 3.51.